The highest BCUT2D eigenvalue weighted by atomic mass is 19.4. The average Bonchev–Trinajstić information content (AvgIpc) is 3.19. The van der Waals surface area contributed by atoms with Crippen molar-refractivity contribution in [1.82, 2.24) is 9.88 Å². The Morgan fingerprint density at radius 1 is 0.861 bits per heavy atom. The molecule has 0 N–H and O–H groups in total. The van der Waals surface area contributed by atoms with Crippen molar-refractivity contribution in [1.29, 1.82) is 0 Å². The van der Waals surface area contributed by atoms with E-state index in [0.717, 1.165) is 0 Å². The molecule has 0 bridgehead atoms. The van der Waals surface area contributed by atoms with E-state index < -0.39 is 34.8 Å². The summed E-state index contributed by atoms with van der Waals surface area (Å²) in [4.78, 5) is 34.5. The van der Waals surface area contributed by atoms with Crippen molar-refractivity contribution >= 4 is 23.2 Å². The number of carbonyl (C=O) groups is 2. The normalized spacial score (nSPS) is 15.9. The van der Waals surface area contributed by atoms with Crippen LogP contribution >= 0.6 is 0 Å². The number of aromatic nitrogens is 1. The fourth-order valence-electron chi connectivity index (χ4n) is 4.46. The second kappa shape index (κ2) is 8.89. The van der Waals surface area contributed by atoms with E-state index >= 15 is 0 Å². The number of fused-ring (bicyclic) bond motifs is 1. The van der Waals surface area contributed by atoms with Gasteiger partial charge in [0.1, 0.15) is 17.3 Å². The number of nitrogens with zero attached hydrogens (tertiary/aromatic N) is 4. The lowest BCUT2D eigenvalue weighted by atomic mass is 10.0. The van der Waals surface area contributed by atoms with Gasteiger partial charge >= 0.3 is 6.18 Å². The van der Waals surface area contributed by atoms with Gasteiger partial charge in [-0.2, -0.15) is 13.2 Å². The summed E-state index contributed by atoms with van der Waals surface area (Å²) in [7, 11) is 0. The molecular weight excluding hydrogens is 483 g/mol. The van der Waals surface area contributed by atoms with Crippen LogP contribution in [0.1, 0.15) is 32.0 Å². The molecule has 0 spiro atoms. The Balaban J connectivity index is 1.29. The van der Waals surface area contributed by atoms with Gasteiger partial charge in [-0.25, -0.2) is 13.8 Å². The molecule has 1 saturated heterocycles. The average molecular weight is 502 g/mol. The fraction of sp³-hybridized carbons (Fsp3) is 0.240. The number of pyridine rings is 1. The maximum absolute atomic E-state index is 13.6. The number of piperazine rings is 1. The van der Waals surface area contributed by atoms with Crippen molar-refractivity contribution in [3.8, 4) is 0 Å². The van der Waals surface area contributed by atoms with Crippen LogP contribution in [0.15, 0.2) is 54.7 Å². The Kier molecular flexibility index (Phi) is 5.85. The van der Waals surface area contributed by atoms with E-state index in [9.17, 15) is 31.5 Å². The predicted octanol–water partition coefficient (Wildman–Crippen LogP) is 4.50. The lowest BCUT2D eigenvalue weighted by Crippen LogP contribution is -2.49. The molecule has 0 saturated carbocycles. The van der Waals surface area contributed by atoms with Crippen LogP contribution in [-0.4, -0.2) is 47.9 Å². The number of halogens is 5. The largest absolute Gasteiger partial charge is 0.417 e. The van der Waals surface area contributed by atoms with Gasteiger partial charge in [0.15, 0.2) is 0 Å². The third-order valence-corrected chi connectivity index (χ3v) is 6.32. The molecule has 0 atom stereocenters. The second-order valence-electron chi connectivity index (χ2n) is 8.54. The highest BCUT2D eigenvalue weighted by Crippen LogP contribution is 2.34. The van der Waals surface area contributed by atoms with E-state index in [1.807, 2.05) is 11.0 Å². The van der Waals surface area contributed by atoms with Crippen LogP contribution in [0.2, 0.25) is 0 Å². The van der Waals surface area contributed by atoms with Crippen molar-refractivity contribution in [3.63, 3.8) is 0 Å². The Hall–Kier alpha value is -4.02. The summed E-state index contributed by atoms with van der Waals surface area (Å²) in [6.45, 7) is 1.16. The summed E-state index contributed by atoms with van der Waals surface area (Å²) in [6.07, 6.45) is -3.24. The van der Waals surface area contributed by atoms with E-state index in [-0.39, 0.29) is 25.5 Å². The molecule has 2 amide bonds. The summed E-state index contributed by atoms with van der Waals surface area (Å²) in [5.74, 6) is -2.50. The molecular formula is C25H19F5N4O2. The molecule has 0 unspecified atom stereocenters. The molecule has 3 aromatic rings. The predicted molar refractivity (Wildman–Crippen MR) is 121 cm³/mol. The van der Waals surface area contributed by atoms with Gasteiger partial charge in [0.25, 0.3) is 11.8 Å². The molecule has 0 radical (unpaired) electrons. The topological polar surface area (TPSA) is 56.8 Å². The first-order valence-corrected chi connectivity index (χ1v) is 11.1. The summed E-state index contributed by atoms with van der Waals surface area (Å²) in [5, 5.41) is 0. The molecule has 1 aromatic heterocycles. The summed E-state index contributed by atoms with van der Waals surface area (Å²) in [5.41, 5.74) is 0.349. The van der Waals surface area contributed by atoms with Crippen molar-refractivity contribution in [3.05, 3.63) is 88.7 Å². The molecule has 6 nitrogen and oxygen atoms in total. The molecule has 11 heteroatoms. The van der Waals surface area contributed by atoms with Crippen molar-refractivity contribution in [2.24, 2.45) is 0 Å². The third kappa shape index (κ3) is 4.36. The van der Waals surface area contributed by atoms with Gasteiger partial charge < -0.3 is 14.7 Å². The van der Waals surface area contributed by atoms with Gasteiger partial charge in [-0.1, -0.05) is 0 Å². The SMILES string of the molecule is O=C(c1cc(F)ccc1C(F)(F)F)N1CCN(c2cnc3c(c2)CN(c2ccc(F)cc2)C3=O)CC1. The zero-order valence-electron chi connectivity index (χ0n) is 18.7. The summed E-state index contributed by atoms with van der Waals surface area (Å²) in [6, 6.07) is 9.25. The molecule has 2 aliphatic rings. The van der Waals surface area contributed by atoms with Crippen LogP contribution in [0.3, 0.4) is 0 Å². The van der Waals surface area contributed by atoms with Crippen LogP contribution in [0.4, 0.5) is 33.3 Å². The van der Waals surface area contributed by atoms with Crippen LogP contribution < -0.4 is 9.80 Å². The van der Waals surface area contributed by atoms with Crippen LogP contribution in [0, 0.1) is 11.6 Å². The number of hydrogen-bond donors (Lipinski definition) is 0. The number of carbonyl (C=O) groups excluding carboxylic acids is 2. The number of alkyl halides is 3. The van der Waals surface area contributed by atoms with Crippen molar-refractivity contribution in [2.75, 3.05) is 36.0 Å². The monoisotopic (exact) mass is 502 g/mol. The van der Waals surface area contributed by atoms with Crippen molar-refractivity contribution < 1.29 is 31.5 Å². The molecule has 186 valence electrons. The molecule has 2 aromatic carbocycles. The highest BCUT2D eigenvalue weighted by Gasteiger charge is 2.37. The summed E-state index contributed by atoms with van der Waals surface area (Å²) >= 11 is 0. The highest BCUT2D eigenvalue weighted by molar-refractivity contribution is 6.08. The Morgan fingerprint density at radius 3 is 2.19 bits per heavy atom. The lowest BCUT2D eigenvalue weighted by Gasteiger charge is -2.36. The molecule has 1 fully saturated rings. The van der Waals surface area contributed by atoms with Gasteiger partial charge in [-0.15, -0.1) is 0 Å². The van der Waals surface area contributed by atoms with E-state index in [1.165, 1.54) is 40.3 Å². The second-order valence-corrected chi connectivity index (χ2v) is 8.54. The minimum Gasteiger partial charge on any atom is -0.367 e. The van der Waals surface area contributed by atoms with E-state index in [1.54, 1.807) is 0 Å². The third-order valence-electron chi connectivity index (χ3n) is 6.32. The number of rotatable bonds is 3. The number of amides is 2. The van der Waals surface area contributed by atoms with E-state index in [2.05, 4.69) is 4.98 Å². The fourth-order valence-corrected chi connectivity index (χ4v) is 4.46. The quantitative estimate of drug-likeness (QED) is 0.495. The van der Waals surface area contributed by atoms with Crippen molar-refractivity contribution in [2.45, 2.75) is 12.7 Å². The first kappa shape index (κ1) is 23.7. The van der Waals surface area contributed by atoms with Crippen LogP contribution in [0.5, 0.6) is 0 Å². The zero-order valence-corrected chi connectivity index (χ0v) is 18.7. The lowest BCUT2D eigenvalue weighted by molar-refractivity contribution is -0.138. The molecule has 3 heterocycles. The maximum atomic E-state index is 13.6. The molecule has 36 heavy (non-hydrogen) atoms. The first-order chi connectivity index (χ1) is 17.1. The summed E-state index contributed by atoms with van der Waals surface area (Å²) < 4.78 is 66.9. The zero-order chi connectivity index (χ0) is 25.6. The van der Waals surface area contributed by atoms with E-state index in [0.29, 0.717) is 53.9 Å². The Bertz CT molecular complexity index is 1340. The smallest absolute Gasteiger partial charge is 0.367 e. The number of hydrogen-bond acceptors (Lipinski definition) is 4. The van der Waals surface area contributed by atoms with Gasteiger partial charge in [0.05, 0.1) is 29.6 Å². The standard InChI is InChI=1S/C25H19F5N4O2/c26-16-1-4-18(5-2-16)34-14-15-11-19(13-31-22(15)24(34)36)32-7-9-33(10-8-32)23(35)20-12-17(27)3-6-21(20)25(28,29)30/h1-6,11-13H,7-10,14H2. The number of benzene rings is 2. The van der Waals surface area contributed by atoms with Gasteiger partial charge in [0, 0.05) is 37.4 Å². The minimum absolute atomic E-state index is 0.129. The van der Waals surface area contributed by atoms with Gasteiger partial charge in [0.2, 0.25) is 0 Å². The van der Waals surface area contributed by atoms with E-state index in [4.69, 9.17) is 0 Å². The van der Waals surface area contributed by atoms with Crippen LogP contribution in [-0.2, 0) is 12.7 Å². The van der Waals surface area contributed by atoms with Crippen LogP contribution in [0.25, 0.3) is 0 Å². The maximum Gasteiger partial charge on any atom is 0.417 e. The minimum atomic E-state index is -4.78. The molecule has 0 aliphatic carbocycles. The Labute approximate surface area is 202 Å². The first-order valence-electron chi connectivity index (χ1n) is 11.1. The Morgan fingerprint density at radius 2 is 1.53 bits per heavy atom. The molecule has 2 aliphatic heterocycles. The van der Waals surface area contributed by atoms with Gasteiger partial charge in [-0.05, 0) is 48.5 Å². The number of anilines is 2. The van der Waals surface area contributed by atoms with Gasteiger partial charge in [-0.3, -0.25) is 9.59 Å². The molecule has 5 rings (SSSR count).